The Kier molecular flexibility index (Phi) is 8.44. The van der Waals surface area contributed by atoms with Gasteiger partial charge in [-0.1, -0.05) is 36.8 Å². The first-order valence-electron chi connectivity index (χ1n) is 6.62. The molecule has 1 amide bonds. The first-order chi connectivity index (χ1) is 8.56. The topological polar surface area (TPSA) is 55.1 Å². The van der Waals surface area contributed by atoms with E-state index in [0.717, 1.165) is 6.42 Å². The van der Waals surface area contributed by atoms with Gasteiger partial charge < -0.3 is 11.1 Å². The molecule has 0 aliphatic rings. The minimum Gasteiger partial charge on any atom is -0.352 e. The molecule has 0 aromatic heterocycles. The van der Waals surface area contributed by atoms with E-state index in [1.165, 1.54) is 11.1 Å². The molecular weight excluding hydrogens is 260 g/mol. The SMILES string of the molecule is CCC(CC(=O)N[C@@H](C)CN)c1ccc(C)cc1.Cl. The Morgan fingerprint density at radius 3 is 2.37 bits per heavy atom. The Morgan fingerprint density at radius 2 is 1.89 bits per heavy atom. The number of aryl methyl sites for hydroxylation is 1. The van der Waals surface area contributed by atoms with Gasteiger partial charge in [-0.05, 0) is 31.7 Å². The first kappa shape index (κ1) is 17.9. The molecule has 19 heavy (non-hydrogen) atoms. The van der Waals surface area contributed by atoms with E-state index in [4.69, 9.17) is 5.73 Å². The van der Waals surface area contributed by atoms with Crippen molar-refractivity contribution in [1.82, 2.24) is 5.32 Å². The van der Waals surface area contributed by atoms with Crippen LogP contribution in [0.25, 0.3) is 0 Å². The van der Waals surface area contributed by atoms with Gasteiger partial charge in [0.15, 0.2) is 0 Å². The Morgan fingerprint density at radius 1 is 1.32 bits per heavy atom. The van der Waals surface area contributed by atoms with Crippen molar-refractivity contribution in [1.29, 1.82) is 0 Å². The third kappa shape index (κ3) is 6.08. The van der Waals surface area contributed by atoms with Crippen LogP contribution in [-0.4, -0.2) is 18.5 Å². The Bertz CT molecular complexity index is 378. The second-order valence-corrected chi connectivity index (χ2v) is 4.92. The van der Waals surface area contributed by atoms with Gasteiger partial charge >= 0.3 is 0 Å². The highest BCUT2D eigenvalue weighted by molar-refractivity contribution is 5.85. The van der Waals surface area contributed by atoms with E-state index in [1.807, 2.05) is 6.92 Å². The van der Waals surface area contributed by atoms with Gasteiger partial charge in [0.05, 0.1) is 0 Å². The monoisotopic (exact) mass is 284 g/mol. The quantitative estimate of drug-likeness (QED) is 0.844. The third-order valence-corrected chi connectivity index (χ3v) is 3.23. The van der Waals surface area contributed by atoms with Gasteiger partial charge in [0.2, 0.25) is 5.91 Å². The van der Waals surface area contributed by atoms with Gasteiger partial charge in [-0.2, -0.15) is 0 Å². The molecule has 1 aromatic rings. The highest BCUT2D eigenvalue weighted by atomic mass is 35.5. The van der Waals surface area contributed by atoms with Crippen LogP contribution in [0.15, 0.2) is 24.3 Å². The summed E-state index contributed by atoms with van der Waals surface area (Å²) < 4.78 is 0. The molecule has 1 unspecified atom stereocenters. The van der Waals surface area contributed by atoms with Crippen LogP contribution in [0, 0.1) is 6.92 Å². The van der Waals surface area contributed by atoms with E-state index in [-0.39, 0.29) is 30.3 Å². The van der Waals surface area contributed by atoms with Crippen molar-refractivity contribution < 1.29 is 4.79 Å². The van der Waals surface area contributed by atoms with Gasteiger partial charge in [-0.25, -0.2) is 0 Å². The van der Waals surface area contributed by atoms with Crippen LogP contribution >= 0.6 is 12.4 Å². The van der Waals surface area contributed by atoms with Gasteiger partial charge in [0.1, 0.15) is 0 Å². The maximum absolute atomic E-state index is 11.9. The molecule has 1 aromatic carbocycles. The van der Waals surface area contributed by atoms with E-state index in [1.54, 1.807) is 0 Å². The molecule has 3 N–H and O–H groups in total. The van der Waals surface area contributed by atoms with Crippen molar-refractivity contribution in [2.45, 2.75) is 45.6 Å². The van der Waals surface area contributed by atoms with Crippen molar-refractivity contribution in [2.24, 2.45) is 5.73 Å². The molecular formula is C15H25ClN2O. The van der Waals surface area contributed by atoms with Crippen LogP contribution in [-0.2, 0) is 4.79 Å². The average Bonchev–Trinajstić information content (AvgIpc) is 2.37. The number of carbonyl (C=O) groups excluding carboxylic acids is 1. The molecule has 0 saturated heterocycles. The lowest BCUT2D eigenvalue weighted by molar-refractivity contribution is -0.122. The molecule has 0 bridgehead atoms. The standard InChI is InChI=1S/C15H24N2O.ClH/c1-4-13(9-15(18)17-12(3)10-16)14-7-5-11(2)6-8-14;/h5-8,12-13H,4,9-10,16H2,1-3H3,(H,17,18);1H/t12-,13?;/m0./s1. The number of hydrogen-bond donors (Lipinski definition) is 2. The Balaban J connectivity index is 0.00000324. The van der Waals surface area contributed by atoms with Crippen molar-refractivity contribution >= 4 is 18.3 Å². The lowest BCUT2D eigenvalue weighted by atomic mass is 9.92. The molecule has 0 aliphatic heterocycles. The van der Waals surface area contributed by atoms with E-state index in [0.29, 0.717) is 13.0 Å². The predicted octanol–water partition coefficient (Wildman–Crippen LogP) is 2.76. The zero-order valence-electron chi connectivity index (χ0n) is 12.0. The molecule has 2 atom stereocenters. The lowest BCUT2D eigenvalue weighted by Crippen LogP contribution is -2.38. The predicted molar refractivity (Wildman–Crippen MR) is 82.7 cm³/mol. The summed E-state index contributed by atoms with van der Waals surface area (Å²) in [6.07, 6.45) is 1.50. The van der Waals surface area contributed by atoms with E-state index in [9.17, 15) is 4.79 Å². The molecule has 0 saturated carbocycles. The highest BCUT2D eigenvalue weighted by Gasteiger charge is 2.15. The molecule has 0 fully saturated rings. The normalized spacial score (nSPS) is 13.3. The largest absolute Gasteiger partial charge is 0.352 e. The van der Waals surface area contributed by atoms with E-state index < -0.39 is 0 Å². The fraction of sp³-hybridized carbons (Fsp3) is 0.533. The second-order valence-electron chi connectivity index (χ2n) is 4.92. The molecule has 108 valence electrons. The molecule has 0 radical (unpaired) electrons. The lowest BCUT2D eigenvalue weighted by Gasteiger charge is -2.17. The zero-order chi connectivity index (χ0) is 13.5. The van der Waals surface area contributed by atoms with Crippen molar-refractivity contribution in [3.05, 3.63) is 35.4 Å². The van der Waals surface area contributed by atoms with Crippen molar-refractivity contribution in [2.75, 3.05) is 6.54 Å². The number of rotatable bonds is 6. The van der Waals surface area contributed by atoms with E-state index in [2.05, 4.69) is 43.4 Å². The minimum absolute atomic E-state index is 0. The summed E-state index contributed by atoms with van der Waals surface area (Å²) in [5.41, 5.74) is 7.98. The number of amides is 1. The summed E-state index contributed by atoms with van der Waals surface area (Å²) in [4.78, 5) is 11.9. The summed E-state index contributed by atoms with van der Waals surface area (Å²) in [6.45, 7) is 6.59. The summed E-state index contributed by atoms with van der Waals surface area (Å²) >= 11 is 0. The maximum atomic E-state index is 11.9. The maximum Gasteiger partial charge on any atom is 0.220 e. The fourth-order valence-corrected chi connectivity index (χ4v) is 1.95. The number of nitrogens with two attached hydrogens (primary N) is 1. The number of benzene rings is 1. The molecule has 0 spiro atoms. The van der Waals surface area contributed by atoms with Crippen molar-refractivity contribution in [3.8, 4) is 0 Å². The Labute approximate surface area is 122 Å². The average molecular weight is 285 g/mol. The molecule has 0 aliphatic carbocycles. The fourth-order valence-electron chi connectivity index (χ4n) is 1.95. The van der Waals surface area contributed by atoms with Gasteiger partial charge in [0, 0.05) is 19.0 Å². The van der Waals surface area contributed by atoms with Crippen LogP contribution in [0.2, 0.25) is 0 Å². The van der Waals surface area contributed by atoms with Crippen LogP contribution in [0.4, 0.5) is 0 Å². The third-order valence-electron chi connectivity index (χ3n) is 3.23. The molecule has 4 heteroatoms. The van der Waals surface area contributed by atoms with Gasteiger partial charge in [-0.15, -0.1) is 12.4 Å². The number of hydrogen-bond acceptors (Lipinski definition) is 2. The summed E-state index contributed by atoms with van der Waals surface area (Å²) in [7, 11) is 0. The molecule has 0 heterocycles. The first-order valence-corrected chi connectivity index (χ1v) is 6.62. The Hall–Kier alpha value is -1.06. The van der Waals surface area contributed by atoms with Crippen LogP contribution in [0.1, 0.15) is 43.7 Å². The summed E-state index contributed by atoms with van der Waals surface area (Å²) in [5, 5.41) is 2.91. The van der Waals surface area contributed by atoms with Gasteiger partial charge in [0.25, 0.3) is 0 Å². The van der Waals surface area contributed by atoms with Gasteiger partial charge in [-0.3, -0.25) is 4.79 Å². The second kappa shape index (κ2) is 8.94. The van der Waals surface area contributed by atoms with Crippen LogP contribution in [0.5, 0.6) is 0 Å². The molecule has 1 rings (SSSR count). The van der Waals surface area contributed by atoms with Crippen LogP contribution < -0.4 is 11.1 Å². The summed E-state index contributed by atoms with van der Waals surface area (Å²) in [6, 6.07) is 8.47. The van der Waals surface area contributed by atoms with Crippen LogP contribution in [0.3, 0.4) is 0 Å². The highest BCUT2D eigenvalue weighted by Crippen LogP contribution is 2.23. The van der Waals surface area contributed by atoms with E-state index >= 15 is 0 Å². The minimum atomic E-state index is 0. The summed E-state index contributed by atoms with van der Waals surface area (Å²) in [5.74, 6) is 0.371. The van der Waals surface area contributed by atoms with Crippen molar-refractivity contribution in [3.63, 3.8) is 0 Å². The smallest absolute Gasteiger partial charge is 0.220 e. The zero-order valence-corrected chi connectivity index (χ0v) is 12.8. The number of halogens is 1. The molecule has 3 nitrogen and oxygen atoms in total. The number of carbonyl (C=O) groups is 1. The number of nitrogens with one attached hydrogen (secondary N) is 1.